The van der Waals surface area contributed by atoms with Crippen molar-refractivity contribution in [1.29, 1.82) is 0 Å². The van der Waals surface area contributed by atoms with Crippen LogP contribution in [0.2, 0.25) is 0 Å². The Bertz CT molecular complexity index is 3700. The van der Waals surface area contributed by atoms with Gasteiger partial charge in [0.05, 0.1) is 35.3 Å². The number of nitrogens with zero attached hydrogens (tertiary/aromatic N) is 10. The fourth-order valence-electron chi connectivity index (χ4n) is 7.42. The van der Waals surface area contributed by atoms with Crippen molar-refractivity contribution < 1.29 is 13.6 Å². The number of aliphatic imine (C=N–C) groups is 1. The molecule has 1 saturated heterocycles. The first kappa shape index (κ1) is 108. The molecule has 6 aromatic heterocycles. The lowest BCUT2D eigenvalue weighted by Gasteiger charge is -2.17. The van der Waals surface area contributed by atoms with Gasteiger partial charge in [0.1, 0.15) is 37.3 Å². The summed E-state index contributed by atoms with van der Waals surface area (Å²) in [6, 6.07) is 47.5. The second-order valence-corrected chi connectivity index (χ2v) is 23.0. The molecular weight excluding hydrogens is 1350 g/mol. The van der Waals surface area contributed by atoms with Crippen LogP contribution < -0.4 is 5.69 Å². The van der Waals surface area contributed by atoms with Crippen molar-refractivity contribution in [1.82, 2.24) is 50.0 Å². The number of aromatic amines is 1. The van der Waals surface area contributed by atoms with Gasteiger partial charge in [0, 0.05) is 46.6 Å². The van der Waals surface area contributed by atoms with E-state index >= 15 is 0 Å². The number of benzene rings is 6. The number of aromatic nitrogens is 10. The maximum atomic E-state index is 11.1. The fraction of sp³-hybridized carbons (Fsp3) is 0.427. The largest absolute Gasteiger partial charge is 0.365 e. The van der Waals surface area contributed by atoms with Gasteiger partial charge >= 0.3 is 5.69 Å². The number of allylic oxidation sites excluding steroid dienone is 2. The van der Waals surface area contributed by atoms with E-state index in [-0.39, 0.29) is 11.2 Å². The van der Waals surface area contributed by atoms with Crippen molar-refractivity contribution in [3.05, 3.63) is 262 Å². The van der Waals surface area contributed by atoms with Crippen molar-refractivity contribution in [2.24, 2.45) is 10.9 Å². The molecule has 1 fully saturated rings. The van der Waals surface area contributed by atoms with Crippen LogP contribution in [0.15, 0.2) is 236 Å². The van der Waals surface area contributed by atoms with Crippen molar-refractivity contribution in [2.45, 2.75) is 240 Å². The van der Waals surface area contributed by atoms with Crippen LogP contribution in [0.25, 0.3) is 38.4 Å². The van der Waals surface area contributed by atoms with E-state index in [4.69, 9.17) is 4.52 Å². The summed E-state index contributed by atoms with van der Waals surface area (Å²) in [4.78, 5) is 22.9. The van der Waals surface area contributed by atoms with Gasteiger partial charge in [-0.2, -0.15) is 22.0 Å². The minimum absolute atomic E-state index is 0.0660. The first-order valence-electron chi connectivity index (χ1n) is 38.2. The first-order valence-corrected chi connectivity index (χ1v) is 40.3. The zero-order chi connectivity index (χ0) is 81.9. The quantitative estimate of drug-likeness (QED) is 0.173. The Kier molecular flexibility index (Phi) is 77.0. The predicted molar refractivity (Wildman–Crippen MR) is 469 cm³/mol. The van der Waals surface area contributed by atoms with Gasteiger partial charge < -0.3 is 13.6 Å². The molecule has 0 spiro atoms. The molecule has 15 nitrogen and oxygen atoms in total. The third-order valence-corrected chi connectivity index (χ3v) is 14.4. The summed E-state index contributed by atoms with van der Waals surface area (Å²) in [7, 11) is 0. The van der Waals surface area contributed by atoms with Gasteiger partial charge in [-0.3, -0.25) is 9.98 Å². The number of thiazole rings is 1. The monoisotopic (exact) mass is 1490 g/mol. The second-order valence-electron chi connectivity index (χ2n) is 21.1. The van der Waals surface area contributed by atoms with Crippen molar-refractivity contribution in [2.75, 3.05) is 11.5 Å². The van der Waals surface area contributed by atoms with Gasteiger partial charge in [0.15, 0.2) is 0 Å². The highest BCUT2D eigenvalue weighted by molar-refractivity contribution is 7.99. The Balaban J connectivity index is -0.000000258. The lowest BCUT2D eigenvalue weighted by Crippen LogP contribution is -2.21. The van der Waals surface area contributed by atoms with Crippen molar-refractivity contribution in [3.63, 3.8) is 0 Å². The van der Waals surface area contributed by atoms with Crippen molar-refractivity contribution >= 4 is 50.9 Å². The van der Waals surface area contributed by atoms with E-state index in [0.717, 1.165) is 51.9 Å². The topological polar surface area (TPSA) is 185 Å². The zero-order valence-corrected chi connectivity index (χ0v) is 73.2. The van der Waals surface area contributed by atoms with E-state index in [9.17, 15) is 4.79 Å². The summed E-state index contributed by atoms with van der Waals surface area (Å²) in [5.41, 5.74) is 13.1. The van der Waals surface area contributed by atoms with Crippen LogP contribution in [0.4, 0.5) is 0 Å². The summed E-state index contributed by atoms with van der Waals surface area (Å²) in [5.74, 6) is 4.67. The van der Waals surface area contributed by atoms with Crippen LogP contribution in [0, 0.1) is 54.4 Å². The Labute approximate surface area is 651 Å². The molecule has 12 aromatic rings. The summed E-state index contributed by atoms with van der Waals surface area (Å²) in [6.45, 7) is 64.7. The summed E-state index contributed by atoms with van der Waals surface area (Å²) >= 11 is 3.71. The summed E-state index contributed by atoms with van der Waals surface area (Å²) in [5, 5.41) is 27.9. The number of rotatable bonds is 2. The molecule has 2 aliphatic rings. The van der Waals surface area contributed by atoms with Gasteiger partial charge in [-0.25, -0.2) is 24.1 Å². The minimum Gasteiger partial charge on any atom is -0.365 e. The lowest BCUT2D eigenvalue weighted by atomic mass is 10.1. The SMILES string of the molecule is CC.CC.CC.CC.CC.CC.CC.CC.CC.CC.CC(C)(C)n1cncn1.CC1=CCC=N1.CC1CCSC1.Cc1ccc(-c2cnoc2)cc1.Cc1ccc(-n2cn[nH]c2=O)cc1.Cc1ccc2ccccc2c1.Cc1cccc2ccccc12.Cc1ccno1.Cc1cnoc1.Cc1cscn1. The van der Waals surface area contributed by atoms with E-state index < -0.39 is 0 Å². The highest BCUT2D eigenvalue weighted by Gasteiger charge is 2.12. The smallest absolute Gasteiger partial charge is 0.347 e. The first-order chi connectivity index (χ1) is 51.4. The molecule has 6 aromatic carbocycles. The van der Waals surface area contributed by atoms with Crippen LogP contribution in [0.1, 0.15) is 225 Å². The van der Waals surface area contributed by atoms with E-state index in [1.165, 1.54) is 72.6 Å². The fourth-order valence-corrected chi connectivity index (χ4v) is 9.27. The molecule has 0 aliphatic carbocycles. The summed E-state index contributed by atoms with van der Waals surface area (Å²) < 4.78 is 17.1. The van der Waals surface area contributed by atoms with Gasteiger partial charge in [0.2, 0.25) is 0 Å². The molecule has 106 heavy (non-hydrogen) atoms. The molecule has 0 radical (unpaired) electrons. The average molecular weight is 1490 g/mol. The molecule has 8 heterocycles. The molecule has 0 amide bonds. The molecule has 14 rings (SSSR count). The molecule has 1 N–H and O–H groups in total. The highest BCUT2D eigenvalue weighted by atomic mass is 32.2. The maximum absolute atomic E-state index is 11.1. The van der Waals surface area contributed by atoms with Gasteiger partial charge in [-0.1, -0.05) is 305 Å². The molecular formula is C89H141N11O4S2. The Morgan fingerprint density at radius 1 is 0.547 bits per heavy atom. The van der Waals surface area contributed by atoms with E-state index in [2.05, 4.69) is 230 Å². The standard InChI is InChI=1S/2C11H10.C10H9NO.C9H9N3O.C6H11N3.C5H7N.C5H10S.2C4H5NO.C4H5NS.10C2H6/c1-9-5-4-7-10-6-2-3-8-11(9)10;1-9-6-7-10-4-2-3-5-11(10)8-9;1-8-2-4-9(5-3-8)10-6-11-12-7-10;1-7-2-4-8(5-3-7)12-6-10-11-9(12)13;1-6(2,3)9-5-7-4-8-9;1-5-3-2-4-6-5;1-5-2-3-6-4-5;1-4-2-5-6-3-4;1-4-2-3-5-6-4;1-4-2-6-3-5-4;10*1-2/h2*2-8H,1H3;2-7H,1H3;2-6H,1H3,(H,11,13);4-5H,1-3H3;3-4H,2H2,1H3;5H,2-4H2,1H3;3*2-3H,1H3;10*1-2H3. The molecule has 1 unspecified atom stereocenters. The predicted octanol–water partition coefficient (Wildman–Crippen LogP) is 27.7. The van der Waals surface area contributed by atoms with E-state index in [1.54, 1.807) is 61.2 Å². The number of aryl methyl sites for hydroxylation is 7. The zero-order valence-electron chi connectivity index (χ0n) is 71.5. The molecule has 0 saturated carbocycles. The van der Waals surface area contributed by atoms with Crippen LogP contribution in [-0.4, -0.2) is 67.7 Å². The van der Waals surface area contributed by atoms with Crippen LogP contribution in [0.5, 0.6) is 0 Å². The lowest BCUT2D eigenvalue weighted by molar-refractivity contribution is 0.354. The summed E-state index contributed by atoms with van der Waals surface area (Å²) in [6.07, 6.45) is 19.5. The van der Waals surface area contributed by atoms with E-state index in [1.807, 2.05) is 219 Å². The number of hydrogen-bond donors (Lipinski definition) is 1. The van der Waals surface area contributed by atoms with Crippen LogP contribution in [0.3, 0.4) is 0 Å². The average Bonchev–Trinajstić information content (AvgIpc) is 1.70. The van der Waals surface area contributed by atoms with Crippen molar-refractivity contribution in [3.8, 4) is 16.8 Å². The number of thioether (sulfide) groups is 1. The van der Waals surface area contributed by atoms with Gasteiger partial charge in [0.25, 0.3) is 0 Å². The molecule has 0 bridgehead atoms. The molecule has 588 valence electrons. The number of nitrogens with one attached hydrogen (secondary N) is 1. The number of H-pyrrole nitrogens is 1. The van der Waals surface area contributed by atoms with Crippen LogP contribution >= 0.6 is 23.1 Å². The Hall–Kier alpha value is -9.06. The Morgan fingerprint density at radius 3 is 1.44 bits per heavy atom. The second kappa shape index (κ2) is 75.6. The minimum atomic E-state index is -0.219. The number of hydrogen-bond acceptors (Lipinski definition) is 14. The molecule has 1 atom stereocenters. The molecule has 2 aliphatic heterocycles. The Morgan fingerprint density at radius 2 is 1.09 bits per heavy atom. The third-order valence-electron chi connectivity index (χ3n) is 12.3. The van der Waals surface area contributed by atoms with Gasteiger partial charge in [-0.05, 0) is 145 Å². The molecule has 17 heteroatoms. The third kappa shape index (κ3) is 53.7. The normalized spacial score (nSPS) is 10.6. The number of fused-ring (bicyclic) bond motifs is 2. The van der Waals surface area contributed by atoms with Crippen LogP contribution in [-0.2, 0) is 5.54 Å². The maximum Gasteiger partial charge on any atom is 0.347 e. The van der Waals surface area contributed by atoms with E-state index in [0.29, 0.717) is 0 Å². The highest BCUT2D eigenvalue weighted by Crippen LogP contribution is 2.22. The van der Waals surface area contributed by atoms with Gasteiger partial charge in [-0.15, -0.1) is 11.3 Å².